The highest BCUT2D eigenvalue weighted by Gasteiger charge is 2.45. The van der Waals surface area contributed by atoms with Crippen LogP contribution >= 0.6 is 0 Å². The van der Waals surface area contributed by atoms with Gasteiger partial charge in [0.2, 0.25) is 11.8 Å². The first-order chi connectivity index (χ1) is 16.4. The number of rotatable bonds is 3. The van der Waals surface area contributed by atoms with Crippen molar-refractivity contribution in [3.8, 4) is 0 Å². The summed E-state index contributed by atoms with van der Waals surface area (Å²) in [6, 6.07) is 2.81. The molecular formula is C26H32N4O4. The number of hydrogen-bond acceptors (Lipinski definition) is 6. The molecule has 34 heavy (non-hydrogen) atoms. The van der Waals surface area contributed by atoms with E-state index in [9.17, 15) is 19.2 Å². The van der Waals surface area contributed by atoms with Crippen molar-refractivity contribution >= 4 is 23.6 Å². The minimum Gasteiger partial charge on any atom is -0.317 e. The van der Waals surface area contributed by atoms with Crippen molar-refractivity contribution < 1.29 is 19.2 Å². The van der Waals surface area contributed by atoms with Gasteiger partial charge in [0.15, 0.2) is 0 Å². The lowest BCUT2D eigenvalue weighted by Gasteiger charge is -2.43. The zero-order valence-corrected chi connectivity index (χ0v) is 19.5. The van der Waals surface area contributed by atoms with Crippen LogP contribution in [0.3, 0.4) is 0 Å². The SMILES string of the molecule is O=C1CCC(N2C(=O)c3cc4c(cc3C2=O)CN(CC2CCC3(CCNCC3)CC2)C4)C(=O)N1. The molecule has 0 radical (unpaired) electrons. The number of fused-ring (bicyclic) bond motifs is 2. The van der Waals surface area contributed by atoms with Gasteiger partial charge in [0, 0.05) is 26.1 Å². The van der Waals surface area contributed by atoms with Crippen molar-refractivity contribution in [3.05, 3.63) is 34.4 Å². The standard InChI is InChI=1S/C26H32N4O4/c31-22-2-1-21(23(32)28-22)30-24(33)19-11-17-14-29(15-18(17)12-20(19)25(30)34)13-16-3-5-26(6-4-16)7-9-27-10-8-26/h11-12,16,21,27H,1-10,13-15H2,(H,28,31,32). The van der Waals surface area contributed by atoms with Crippen molar-refractivity contribution in [2.75, 3.05) is 19.6 Å². The van der Waals surface area contributed by atoms with Crippen LogP contribution in [0.1, 0.15) is 83.2 Å². The van der Waals surface area contributed by atoms with Crippen LogP contribution in [0.15, 0.2) is 12.1 Å². The number of carbonyl (C=O) groups excluding carboxylic acids is 4. The first kappa shape index (κ1) is 21.9. The van der Waals surface area contributed by atoms with Gasteiger partial charge in [0.25, 0.3) is 11.8 Å². The summed E-state index contributed by atoms with van der Waals surface area (Å²) in [5.74, 6) is -1.05. The number of nitrogens with one attached hydrogen (secondary N) is 2. The van der Waals surface area contributed by atoms with Gasteiger partial charge in [-0.15, -0.1) is 0 Å². The lowest BCUT2D eigenvalue weighted by molar-refractivity contribution is -0.136. The second kappa shape index (κ2) is 8.27. The highest BCUT2D eigenvalue weighted by molar-refractivity contribution is 6.23. The summed E-state index contributed by atoms with van der Waals surface area (Å²) in [5.41, 5.74) is 3.57. The summed E-state index contributed by atoms with van der Waals surface area (Å²) in [6.45, 7) is 4.99. The Morgan fingerprint density at radius 2 is 1.47 bits per heavy atom. The average molecular weight is 465 g/mol. The quantitative estimate of drug-likeness (QED) is 0.664. The Balaban J connectivity index is 1.12. The normalized spacial score (nSPS) is 27.3. The Kier molecular flexibility index (Phi) is 5.33. The van der Waals surface area contributed by atoms with Gasteiger partial charge in [-0.25, -0.2) is 0 Å². The Bertz CT molecular complexity index is 1020. The molecule has 180 valence electrons. The maximum atomic E-state index is 13.1. The van der Waals surface area contributed by atoms with Crippen molar-refractivity contribution in [1.29, 1.82) is 0 Å². The molecule has 4 aliphatic heterocycles. The maximum Gasteiger partial charge on any atom is 0.262 e. The molecule has 1 unspecified atom stereocenters. The van der Waals surface area contributed by atoms with Crippen LogP contribution in [-0.2, 0) is 22.7 Å². The molecule has 1 saturated carbocycles. The van der Waals surface area contributed by atoms with Gasteiger partial charge in [0.05, 0.1) is 11.1 Å². The summed E-state index contributed by atoms with van der Waals surface area (Å²) < 4.78 is 0. The fourth-order valence-electron chi connectivity index (χ4n) is 6.86. The van der Waals surface area contributed by atoms with Gasteiger partial charge in [-0.3, -0.25) is 34.3 Å². The number of imide groups is 2. The molecule has 1 aromatic carbocycles. The highest BCUT2D eigenvalue weighted by atomic mass is 16.2. The van der Waals surface area contributed by atoms with E-state index >= 15 is 0 Å². The molecular weight excluding hydrogens is 432 g/mol. The Labute approximate surface area is 199 Å². The number of benzene rings is 1. The third-order valence-corrected chi connectivity index (χ3v) is 8.89. The molecule has 0 bridgehead atoms. The Morgan fingerprint density at radius 1 is 0.853 bits per heavy atom. The topological polar surface area (TPSA) is 98.8 Å². The zero-order chi connectivity index (χ0) is 23.4. The maximum absolute atomic E-state index is 13.1. The monoisotopic (exact) mass is 464 g/mol. The molecule has 1 spiro atoms. The van der Waals surface area contributed by atoms with E-state index in [0.717, 1.165) is 48.8 Å². The summed E-state index contributed by atoms with van der Waals surface area (Å²) in [4.78, 5) is 53.5. The van der Waals surface area contributed by atoms with E-state index in [1.165, 1.54) is 38.5 Å². The number of piperidine rings is 2. The van der Waals surface area contributed by atoms with Crippen LogP contribution < -0.4 is 10.6 Å². The predicted octanol–water partition coefficient (Wildman–Crippen LogP) is 1.96. The fourth-order valence-corrected chi connectivity index (χ4v) is 6.86. The van der Waals surface area contributed by atoms with E-state index in [1.807, 2.05) is 12.1 Å². The summed E-state index contributed by atoms with van der Waals surface area (Å²) in [7, 11) is 0. The van der Waals surface area contributed by atoms with Crippen LogP contribution in [0, 0.1) is 11.3 Å². The molecule has 1 aliphatic carbocycles. The molecule has 1 aromatic rings. The van der Waals surface area contributed by atoms with Gasteiger partial charge in [-0.05, 0) is 92.6 Å². The van der Waals surface area contributed by atoms with Crippen molar-refractivity contribution in [2.24, 2.45) is 11.3 Å². The van der Waals surface area contributed by atoms with Crippen LogP contribution in [0.25, 0.3) is 0 Å². The van der Waals surface area contributed by atoms with Crippen molar-refractivity contribution in [2.45, 2.75) is 70.5 Å². The second-order valence-electron chi connectivity index (χ2n) is 11.0. The van der Waals surface area contributed by atoms with Crippen molar-refractivity contribution in [3.63, 3.8) is 0 Å². The largest absolute Gasteiger partial charge is 0.317 e. The van der Waals surface area contributed by atoms with E-state index in [-0.39, 0.29) is 18.7 Å². The van der Waals surface area contributed by atoms with Crippen LogP contribution in [0.4, 0.5) is 0 Å². The molecule has 3 fully saturated rings. The number of amides is 4. The van der Waals surface area contributed by atoms with E-state index in [2.05, 4.69) is 15.5 Å². The fraction of sp³-hybridized carbons (Fsp3) is 0.615. The van der Waals surface area contributed by atoms with E-state index in [1.54, 1.807) is 0 Å². The van der Waals surface area contributed by atoms with E-state index < -0.39 is 23.8 Å². The lowest BCUT2D eigenvalue weighted by Crippen LogP contribution is -2.54. The van der Waals surface area contributed by atoms with Gasteiger partial charge < -0.3 is 5.32 Å². The molecule has 4 heterocycles. The highest BCUT2D eigenvalue weighted by Crippen LogP contribution is 2.45. The number of nitrogens with zero attached hydrogens (tertiary/aromatic N) is 2. The minimum atomic E-state index is -0.911. The first-order valence-corrected chi connectivity index (χ1v) is 12.7. The van der Waals surface area contributed by atoms with Gasteiger partial charge in [-0.1, -0.05) is 0 Å². The van der Waals surface area contributed by atoms with Crippen LogP contribution in [0.2, 0.25) is 0 Å². The third kappa shape index (κ3) is 3.67. The molecule has 5 aliphatic rings. The summed E-state index contributed by atoms with van der Waals surface area (Å²) >= 11 is 0. The van der Waals surface area contributed by atoms with Crippen molar-refractivity contribution in [1.82, 2.24) is 20.4 Å². The Morgan fingerprint density at radius 3 is 2.06 bits per heavy atom. The van der Waals surface area contributed by atoms with E-state index in [4.69, 9.17) is 0 Å². The minimum absolute atomic E-state index is 0.133. The predicted molar refractivity (Wildman–Crippen MR) is 124 cm³/mol. The third-order valence-electron chi connectivity index (χ3n) is 8.89. The van der Waals surface area contributed by atoms with Gasteiger partial charge in [0.1, 0.15) is 6.04 Å². The van der Waals surface area contributed by atoms with Gasteiger partial charge >= 0.3 is 0 Å². The summed E-state index contributed by atoms with van der Waals surface area (Å²) in [6.07, 6.45) is 8.22. The lowest BCUT2D eigenvalue weighted by atomic mass is 9.66. The summed E-state index contributed by atoms with van der Waals surface area (Å²) in [5, 5.41) is 5.74. The second-order valence-corrected chi connectivity index (χ2v) is 11.0. The molecule has 6 rings (SSSR count). The average Bonchev–Trinajstić information content (AvgIpc) is 3.32. The molecule has 8 nitrogen and oxygen atoms in total. The Hall–Kier alpha value is -2.58. The molecule has 4 amide bonds. The molecule has 8 heteroatoms. The molecule has 2 N–H and O–H groups in total. The van der Waals surface area contributed by atoms with Gasteiger partial charge in [-0.2, -0.15) is 0 Å². The number of carbonyl (C=O) groups is 4. The smallest absolute Gasteiger partial charge is 0.262 e. The van der Waals surface area contributed by atoms with Crippen LogP contribution in [-0.4, -0.2) is 59.1 Å². The zero-order valence-electron chi connectivity index (χ0n) is 19.5. The van der Waals surface area contributed by atoms with E-state index in [0.29, 0.717) is 22.5 Å². The molecule has 0 aromatic heterocycles. The molecule has 2 saturated heterocycles. The first-order valence-electron chi connectivity index (χ1n) is 12.7. The number of hydrogen-bond donors (Lipinski definition) is 2. The van der Waals surface area contributed by atoms with Crippen LogP contribution in [0.5, 0.6) is 0 Å². The molecule has 1 atom stereocenters.